The Kier molecular flexibility index (Phi) is 64.5. The zero-order chi connectivity index (χ0) is 55.7. The van der Waals surface area contributed by atoms with E-state index in [1.165, 1.54) is 289 Å². The average Bonchev–Trinajstić information content (AvgIpc) is 3.43. The molecule has 0 saturated heterocycles. The van der Waals surface area contributed by atoms with Crippen molar-refractivity contribution in [2.45, 2.75) is 379 Å². The van der Waals surface area contributed by atoms with E-state index < -0.39 is 12.1 Å². The van der Waals surface area contributed by atoms with Crippen molar-refractivity contribution in [1.29, 1.82) is 0 Å². The molecule has 452 valence electrons. The van der Waals surface area contributed by atoms with Crippen LogP contribution < -0.4 is 5.32 Å². The molecule has 0 spiro atoms. The fourth-order valence-corrected chi connectivity index (χ4v) is 10.6. The predicted molar refractivity (Wildman–Crippen MR) is 338 cm³/mol. The second kappa shape index (κ2) is 66.3. The summed E-state index contributed by atoms with van der Waals surface area (Å²) >= 11 is 0. The van der Waals surface area contributed by atoms with E-state index in [-0.39, 0.29) is 18.5 Å². The van der Waals surface area contributed by atoms with E-state index in [9.17, 15) is 19.8 Å². The Balaban J connectivity index is 3.32. The molecule has 77 heavy (non-hydrogen) atoms. The average molecular weight is 1080 g/mol. The van der Waals surface area contributed by atoms with Gasteiger partial charge < -0.3 is 20.3 Å². The number of aliphatic hydroxyl groups excluding tert-OH is 2. The largest absolute Gasteiger partial charge is 0.466 e. The summed E-state index contributed by atoms with van der Waals surface area (Å²) < 4.78 is 5.48. The van der Waals surface area contributed by atoms with Crippen LogP contribution in [-0.2, 0) is 14.3 Å². The lowest BCUT2D eigenvalue weighted by atomic mass is 10.0. The second-order valence-electron chi connectivity index (χ2n) is 23.5. The highest BCUT2D eigenvalue weighted by molar-refractivity contribution is 5.76. The van der Waals surface area contributed by atoms with E-state index in [1.807, 2.05) is 6.08 Å². The molecule has 0 aromatic heterocycles. The van der Waals surface area contributed by atoms with Crippen LogP contribution in [0.4, 0.5) is 0 Å². The van der Waals surface area contributed by atoms with Crippen molar-refractivity contribution in [3.63, 3.8) is 0 Å². The Morgan fingerprint density at radius 3 is 1.05 bits per heavy atom. The van der Waals surface area contributed by atoms with Crippen molar-refractivity contribution in [2.75, 3.05) is 13.2 Å². The van der Waals surface area contributed by atoms with E-state index in [0.29, 0.717) is 19.4 Å². The number of allylic oxidation sites excluding steroid dienone is 7. The van der Waals surface area contributed by atoms with Crippen LogP contribution >= 0.6 is 0 Å². The minimum atomic E-state index is -0.840. The van der Waals surface area contributed by atoms with E-state index in [4.69, 9.17) is 4.74 Å². The summed E-state index contributed by atoms with van der Waals surface area (Å²) in [4.78, 5) is 24.5. The van der Waals surface area contributed by atoms with Crippen LogP contribution in [0.3, 0.4) is 0 Å². The highest BCUT2D eigenvalue weighted by atomic mass is 16.5. The Bertz CT molecular complexity index is 1290. The number of hydrogen-bond donors (Lipinski definition) is 3. The van der Waals surface area contributed by atoms with Gasteiger partial charge in [0, 0.05) is 12.8 Å². The lowest BCUT2D eigenvalue weighted by Gasteiger charge is -2.20. The number of amides is 1. The number of rotatable bonds is 64. The van der Waals surface area contributed by atoms with Gasteiger partial charge in [0.05, 0.1) is 25.4 Å². The van der Waals surface area contributed by atoms with E-state index in [2.05, 4.69) is 55.6 Å². The first-order chi connectivity index (χ1) is 38.0. The number of ether oxygens (including phenoxy) is 1. The summed E-state index contributed by atoms with van der Waals surface area (Å²) in [5, 5.41) is 23.0. The lowest BCUT2D eigenvalue weighted by molar-refractivity contribution is -0.143. The molecule has 0 bridgehead atoms. The number of unbranched alkanes of at least 4 members (excludes halogenated alkanes) is 47. The molecule has 1 amide bonds. The monoisotopic (exact) mass is 1080 g/mol. The van der Waals surface area contributed by atoms with Crippen molar-refractivity contribution in [1.82, 2.24) is 5.32 Å². The minimum Gasteiger partial charge on any atom is -0.466 e. The molecular weight excluding hydrogens is 947 g/mol. The number of esters is 1. The van der Waals surface area contributed by atoms with Crippen molar-refractivity contribution in [3.8, 4) is 0 Å². The molecule has 0 aliphatic carbocycles. The van der Waals surface area contributed by atoms with Crippen LogP contribution in [0.1, 0.15) is 367 Å². The summed E-state index contributed by atoms with van der Waals surface area (Å²) in [5.74, 6) is -0.0595. The van der Waals surface area contributed by atoms with Crippen LogP contribution in [0, 0.1) is 0 Å². The zero-order valence-electron chi connectivity index (χ0n) is 51.7. The Morgan fingerprint density at radius 2 is 0.675 bits per heavy atom. The molecule has 2 atom stereocenters. The topological polar surface area (TPSA) is 95.9 Å². The fourth-order valence-electron chi connectivity index (χ4n) is 10.6. The molecule has 0 radical (unpaired) electrons. The summed E-state index contributed by atoms with van der Waals surface area (Å²) in [6, 6.07) is -0.623. The number of hydrogen-bond acceptors (Lipinski definition) is 5. The van der Waals surface area contributed by atoms with E-state index >= 15 is 0 Å². The normalized spacial score (nSPS) is 12.8. The highest BCUT2D eigenvalue weighted by Crippen LogP contribution is 2.18. The van der Waals surface area contributed by atoms with Gasteiger partial charge in [-0.3, -0.25) is 9.59 Å². The van der Waals surface area contributed by atoms with Crippen molar-refractivity contribution >= 4 is 11.9 Å². The number of carbonyl (C=O) groups excluding carboxylic acids is 2. The predicted octanol–water partition coefficient (Wildman–Crippen LogP) is 22.1. The Labute approximate surface area is 480 Å². The van der Waals surface area contributed by atoms with Crippen LogP contribution in [0.5, 0.6) is 0 Å². The summed E-state index contributed by atoms with van der Waals surface area (Å²) in [7, 11) is 0. The summed E-state index contributed by atoms with van der Waals surface area (Å²) in [5.41, 5.74) is 0. The standard InChI is InChI=1S/C71H133NO5/c1-3-5-7-9-11-13-15-41-45-49-53-57-61-65-71(76)77-66-62-58-54-50-46-43-40-38-36-34-32-30-28-26-24-22-20-18-16-17-19-21-23-25-27-29-31-33-35-37-39-42-44-48-52-56-60-64-70(75)72-68(67-73)69(74)63-59-55-51-47-14-12-10-8-6-4-2/h7,9,13,15-16,18,59,63,68-69,73-74H,3-6,8,10-12,14,17,19-58,60-62,64-67H2,1-2H3,(H,72,75)/b9-7-,15-13-,18-16-,63-59+. The molecule has 0 fully saturated rings. The molecule has 0 saturated carbocycles. The number of nitrogens with one attached hydrogen (secondary N) is 1. The molecular formula is C71H133NO5. The minimum absolute atomic E-state index is 0.00561. The van der Waals surface area contributed by atoms with Gasteiger partial charge in [0.2, 0.25) is 5.91 Å². The molecule has 6 nitrogen and oxygen atoms in total. The maximum atomic E-state index is 12.4. The second-order valence-corrected chi connectivity index (χ2v) is 23.5. The van der Waals surface area contributed by atoms with Gasteiger partial charge in [-0.25, -0.2) is 0 Å². The summed E-state index contributed by atoms with van der Waals surface area (Å²) in [6.45, 7) is 4.83. The third-order valence-electron chi connectivity index (χ3n) is 15.8. The number of carbonyl (C=O) groups is 2. The third-order valence-corrected chi connectivity index (χ3v) is 15.8. The molecule has 0 rings (SSSR count). The van der Waals surface area contributed by atoms with Crippen LogP contribution in [-0.4, -0.2) is 47.4 Å². The number of aliphatic hydroxyl groups is 2. The molecule has 0 heterocycles. The first-order valence-electron chi connectivity index (χ1n) is 34.4. The van der Waals surface area contributed by atoms with E-state index in [0.717, 1.165) is 51.4 Å². The maximum Gasteiger partial charge on any atom is 0.305 e. The van der Waals surface area contributed by atoms with Gasteiger partial charge in [-0.2, -0.15) is 0 Å². The fraction of sp³-hybridized carbons (Fsp3) is 0.859. The van der Waals surface area contributed by atoms with Gasteiger partial charge in [0.25, 0.3) is 0 Å². The smallest absolute Gasteiger partial charge is 0.305 e. The molecule has 0 aliphatic rings. The SMILES string of the molecule is CCC/C=C\C/C=C\CCCCCCCC(=O)OCCCCCCCCCCCCCCCCCC/C=C\CCCCCCCCCCCCCCCCCCCC(=O)NC(CO)C(O)/C=C/CCCCCCCCCC. The molecule has 0 aromatic carbocycles. The molecule has 0 aromatic rings. The van der Waals surface area contributed by atoms with Gasteiger partial charge in [-0.1, -0.05) is 319 Å². The molecule has 2 unspecified atom stereocenters. The quantitative estimate of drug-likeness (QED) is 0.0320. The first-order valence-corrected chi connectivity index (χ1v) is 34.4. The maximum absolute atomic E-state index is 12.4. The van der Waals surface area contributed by atoms with Gasteiger partial charge >= 0.3 is 5.97 Å². The van der Waals surface area contributed by atoms with Crippen molar-refractivity contribution in [3.05, 3.63) is 48.6 Å². The van der Waals surface area contributed by atoms with Gasteiger partial charge in [0.1, 0.15) is 0 Å². The Morgan fingerprint density at radius 1 is 0.364 bits per heavy atom. The third kappa shape index (κ3) is 62.9. The van der Waals surface area contributed by atoms with E-state index in [1.54, 1.807) is 6.08 Å². The van der Waals surface area contributed by atoms with Gasteiger partial charge in [0.15, 0.2) is 0 Å². The lowest BCUT2D eigenvalue weighted by Crippen LogP contribution is -2.45. The molecule has 3 N–H and O–H groups in total. The van der Waals surface area contributed by atoms with Crippen LogP contribution in [0.15, 0.2) is 48.6 Å². The van der Waals surface area contributed by atoms with Crippen LogP contribution in [0.2, 0.25) is 0 Å². The Hall–Kier alpha value is -2.18. The van der Waals surface area contributed by atoms with Gasteiger partial charge in [-0.15, -0.1) is 0 Å². The summed E-state index contributed by atoms with van der Waals surface area (Å²) in [6.07, 6.45) is 86.4. The molecule has 6 heteroatoms. The molecule has 0 aliphatic heterocycles. The van der Waals surface area contributed by atoms with Crippen molar-refractivity contribution < 1.29 is 24.5 Å². The highest BCUT2D eigenvalue weighted by Gasteiger charge is 2.18. The van der Waals surface area contributed by atoms with Crippen molar-refractivity contribution in [2.24, 2.45) is 0 Å². The zero-order valence-corrected chi connectivity index (χ0v) is 51.7. The van der Waals surface area contributed by atoms with Gasteiger partial charge in [-0.05, 0) is 83.5 Å². The van der Waals surface area contributed by atoms with Crippen LogP contribution in [0.25, 0.3) is 0 Å². The first kappa shape index (κ1) is 74.8.